The Morgan fingerprint density at radius 2 is 2.42 bits per heavy atom. The van der Waals surface area contributed by atoms with Gasteiger partial charge in [-0.1, -0.05) is 0 Å². The number of nitrogens with one attached hydrogen (secondary N) is 1. The van der Waals surface area contributed by atoms with Gasteiger partial charge in [0.25, 0.3) is 0 Å². The number of H-pyrrole nitrogens is 1. The van der Waals surface area contributed by atoms with E-state index < -0.39 is 11.5 Å². The lowest BCUT2D eigenvalue weighted by atomic mass is 10.5. The van der Waals surface area contributed by atoms with Crippen molar-refractivity contribution in [3.05, 3.63) is 27.1 Å². The molecule has 5 nitrogen and oxygen atoms in total. The lowest BCUT2D eigenvalue weighted by molar-refractivity contribution is 0.610. The molecule has 0 aliphatic rings. The third-order valence-electron chi connectivity index (χ3n) is 1.30. The van der Waals surface area contributed by atoms with Crippen LogP contribution in [-0.2, 0) is 0 Å². The van der Waals surface area contributed by atoms with Gasteiger partial charge in [-0.15, -0.1) is 11.3 Å². The molecule has 0 spiro atoms. The Hall–Kier alpha value is -1.50. The van der Waals surface area contributed by atoms with E-state index in [1.54, 1.807) is 0 Å². The van der Waals surface area contributed by atoms with Crippen molar-refractivity contribution in [2.45, 2.75) is 0 Å². The highest BCUT2D eigenvalue weighted by molar-refractivity contribution is 7.08. The maximum Gasteiger partial charge on any atom is 0.365 e. The van der Waals surface area contributed by atoms with Gasteiger partial charge in [0.05, 0.1) is 0 Å². The van der Waals surface area contributed by atoms with E-state index in [1.165, 1.54) is 10.8 Å². The van der Waals surface area contributed by atoms with Crippen molar-refractivity contribution in [1.29, 1.82) is 0 Å². The van der Waals surface area contributed by atoms with Crippen LogP contribution in [0.25, 0.3) is 5.69 Å². The molecule has 0 saturated carbocycles. The Morgan fingerprint density at radius 1 is 1.58 bits per heavy atom. The van der Waals surface area contributed by atoms with Crippen LogP contribution >= 0.6 is 11.3 Å². The van der Waals surface area contributed by atoms with Crippen molar-refractivity contribution in [2.24, 2.45) is 0 Å². The van der Waals surface area contributed by atoms with Crippen molar-refractivity contribution in [3.8, 4) is 5.69 Å². The largest absolute Gasteiger partial charge is 0.365 e. The first-order valence-corrected chi connectivity index (χ1v) is 3.96. The van der Waals surface area contributed by atoms with Gasteiger partial charge in [-0.3, -0.25) is 0 Å². The van der Waals surface area contributed by atoms with E-state index in [0.29, 0.717) is 0 Å². The number of aromatic nitrogens is 4. The van der Waals surface area contributed by atoms with E-state index in [-0.39, 0.29) is 5.69 Å². The molecule has 0 aliphatic heterocycles. The molecule has 12 heavy (non-hydrogen) atoms. The topological polar surface area (TPSA) is 63.6 Å². The number of aromatic amines is 1. The Kier molecular flexibility index (Phi) is 1.51. The molecule has 2 heterocycles. The van der Waals surface area contributed by atoms with Gasteiger partial charge in [-0.2, -0.15) is 4.68 Å². The van der Waals surface area contributed by atoms with Gasteiger partial charge in [0.1, 0.15) is 5.69 Å². The normalized spacial score (nSPS) is 10.4. The number of rotatable bonds is 1. The molecule has 0 amide bonds. The number of nitrogens with zero attached hydrogens (tertiary/aromatic N) is 3. The minimum Gasteiger partial charge on any atom is -0.244 e. The Bertz CT molecular complexity index is 444. The number of tetrazole rings is 1. The van der Waals surface area contributed by atoms with Crippen molar-refractivity contribution < 1.29 is 4.39 Å². The molecule has 0 fully saturated rings. The van der Waals surface area contributed by atoms with Crippen LogP contribution < -0.4 is 5.69 Å². The summed E-state index contributed by atoms with van der Waals surface area (Å²) in [5, 5.41) is 11.5. The van der Waals surface area contributed by atoms with Crippen molar-refractivity contribution in [3.63, 3.8) is 0 Å². The fourth-order valence-electron chi connectivity index (χ4n) is 0.781. The van der Waals surface area contributed by atoms with Gasteiger partial charge in [0.2, 0.25) is 0 Å². The first-order valence-electron chi connectivity index (χ1n) is 3.01. The maximum atomic E-state index is 12.9. The SMILES string of the molecule is O=c1[nH]nnn1-c1cscc1F. The minimum atomic E-state index is -0.549. The highest BCUT2D eigenvalue weighted by atomic mass is 32.1. The predicted molar refractivity (Wildman–Crippen MR) is 39.8 cm³/mol. The Balaban J connectivity index is 2.65. The summed E-state index contributed by atoms with van der Waals surface area (Å²) in [6.45, 7) is 0. The summed E-state index contributed by atoms with van der Waals surface area (Å²) < 4.78 is 13.7. The third-order valence-corrected chi connectivity index (χ3v) is 2.00. The van der Waals surface area contributed by atoms with Gasteiger partial charge in [-0.25, -0.2) is 14.3 Å². The fourth-order valence-corrected chi connectivity index (χ4v) is 1.43. The molecule has 0 saturated heterocycles. The molecule has 0 unspecified atom stereocenters. The molecular formula is C5H3FN4OS. The molecule has 0 aromatic carbocycles. The van der Waals surface area contributed by atoms with E-state index >= 15 is 0 Å². The number of hydrogen-bond donors (Lipinski definition) is 1. The Morgan fingerprint density at radius 3 is 2.92 bits per heavy atom. The molecule has 2 rings (SSSR count). The fraction of sp³-hybridized carbons (Fsp3) is 0. The lowest BCUT2D eigenvalue weighted by Crippen LogP contribution is -2.16. The van der Waals surface area contributed by atoms with Crippen molar-refractivity contribution >= 4 is 11.3 Å². The quantitative estimate of drug-likeness (QED) is 0.689. The predicted octanol–water partition coefficient (Wildman–Crippen LogP) is 0.156. The smallest absolute Gasteiger partial charge is 0.244 e. The Labute approximate surface area is 69.4 Å². The molecule has 7 heteroatoms. The van der Waals surface area contributed by atoms with Crippen LogP contribution in [0.5, 0.6) is 0 Å². The summed E-state index contributed by atoms with van der Waals surface area (Å²) in [6.07, 6.45) is 0. The van der Waals surface area contributed by atoms with E-state index in [4.69, 9.17) is 0 Å². The maximum absolute atomic E-state index is 12.9. The van der Waals surface area contributed by atoms with E-state index in [1.807, 2.05) is 0 Å². The number of thiophene rings is 1. The second-order valence-electron chi connectivity index (χ2n) is 2.02. The standard InChI is InChI=1S/C5H3FN4OS/c6-3-1-12-2-4(3)10-5(11)7-8-9-10/h1-2H,(H,7,9,11). The first-order chi connectivity index (χ1) is 5.79. The van der Waals surface area contributed by atoms with Crippen LogP contribution in [-0.4, -0.2) is 20.2 Å². The molecule has 0 bridgehead atoms. The van der Waals surface area contributed by atoms with Gasteiger partial charge in [-0.05, 0) is 10.4 Å². The molecule has 2 aromatic rings. The van der Waals surface area contributed by atoms with Crippen molar-refractivity contribution in [1.82, 2.24) is 20.2 Å². The highest BCUT2D eigenvalue weighted by Gasteiger charge is 2.08. The molecule has 1 N–H and O–H groups in total. The van der Waals surface area contributed by atoms with E-state index in [0.717, 1.165) is 16.0 Å². The molecule has 2 aromatic heterocycles. The zero-order valence-electron chi connectivity index (χ0n) is 5.69. The number of halogens is 1. The second kappa shape index (κ2) is 2.52. The van der Waals surface area contributed by atoms with E-state index in [2.05, 4.69) is 15.5 Å². The third kappa shape index (κ3) is 0.944. The summed E-state index contributed by atoms with van der Waals surface area (Å²) in [4.78, 5) is 10.9. The van der Waals surface area contributed by atoms with Gasteiger partial charge >= 0.3 is 5.69 Å². The van der Waals surface area contributed by atoms with Crippen LogP contribution in [0.3, 0.4) is 0 Å². The minimum absolute atomic E-state index is 0.124. The first kappa shape index (κ1) is 7.17. The zero-order chi connectivity index (χ0) is 8.55. The molecular weight excluding hydrogens is 183 g/mol. The van der Waals surface area contributed by atoms with Crippen LogP contribution in [0, 0.1) is 5.82 Å². The summed E-state index contributed by atoms with van der Waals surface area (Å²) >= 11 is 1.16. The summed E-state index contributed by atoms with van der Waals surface area (Å²) in [6, 6.07) is 0. The molecule has 0 atom stereocenters. The van der Waals surface area contributed by atoms with E-state index in [9.17, 15) is 9.18 Å². The summed E-state index contributed by atoms with van der Waals surface area (Å²) in [7, 11) is 0. The van der Waals surface area contributed by atoms with Crippen LogP contribution in [0.1, 0.15) is 0 Å². The average molecular weight is 186 g/mol. The second-order valence-corrected chi connectivity index (χ2v) is 2.77. The van der Waals surface area contributed by atoms with Gasteiger partial charge in [0.15, 0.2) is 5.82 Å². The monoisotopic (exact) mass is 186 g/mol. The number of hydrogen-bond acceptors (Lipinski definition) is 4. The summed E-state index contributed by atoms with van der Waals surface area (Å²) in [5.74, 6) is -0.476. The van der Waals surface area contributed by atoms with Crippen LogP contribution in [0.15, 0.2) is 15.6 Å². The van der Waals surface area contributed by atoms with Crippen molar-refractivity contribution in [2.75, 3.05) is 0 Å². The van der Waals surface area contributed by atoms with Crippen LogP contribution in [0.2, 0.25) is 0 Å². The molecule has 62 valence electrons. The molecule has 0 radical (unpaired) electrons. The molecule has 0 aliphatic carbocycles. The van der Waals surface area contributed by atoms with Crippen LogP contribution in [0.4, 0.5) is 4.39 Å². The lowest BCUT2D eigenvalue weighted by Gasteiger charge is -1.90. The highest BCUT2D eigenvalue weighted by Crippen LogP contribution is 2.14. The summed E-state index contributed by atoms with van der Waals surface area (Å²) in [5.41, 5.74) is -0.425. The van der Waals surface area contributed by atoms with Gasteiger partial charge in [0, 0.05) is 10.8 Å². The average Bonchev–Trinajstić information content (AvgIpc) is 2.59. The zero-order valence-corrected chi connectivity index (χ0v) is 6.51. The van der Waals surface area contributed by atoms with Gasteiger partial charge < -0.3 is 0 Å².